The molecule has 4 aromatic carbocycles. The van der Waals surface area contributed by atoms with Crippen molar-refractivity contribution in [2.45, 2.75) is 22.3 Å². The van der Waals surface area contributed by atoms with Gasteiger partial charge < -0.3 is 10.3 Å². The molecule has 0 aliphatic heterocycles. The Hall–Kier alpha value is -4.44. The summed E-state index contributed by atoms with van der Waals surface area (Å²) >= 11 is 13.2. The number of nitrogens with zero attached hydrogens (tertiary/aromatic N) is 2. The third kappa shape index (κ3) is 7.99. The topological polar surface area (TPSA) is 125 Å². The van der Waals surface area contributed by atoms with Gasteiger partial charge >= 0.3 is 0 Å². The number of aromatic nitrogens is 2. The van der Waals surface area contributed by atoms with E-state index < -0.39 is 15.6 Å². The molecule has 0 unspecified atom stereocenters. The molecular weight excluding hydrogens is 653 g/mol. The van der Waals surface area contributed by atoms with E-state index >= 15 is 0 Å². The Morgan fingerprint density at radius 3 is 2.42 bits per heavy atom. The Balaban J connectivity index is 1.33. The SMILES string of the molecule is [C-]#[N+]c1c(-c2cccc(S(=O)(=O)NCc3ccccc3)c2)nc(SCc2cccc(NC(=O)c3ccc(Cl)c(Cl)c3)c2)[nH]c1=O. The molecule has 1 aromatic heterocycles. The van der Waals surface area contributed by atoms with Gasteiger partial charge in [0, 0.05) is 23.5 Å². The smallest absolute Gasteiger partial charge is 0.276 e. The van der Waals surface area contributed by atoms with Gasteiger partial charge in [0.05, 0.1) is 27.2 Å². The lowest BCUT2D eigenvalue weighted by molar-refractivity contribution is 0.102. The van der Waals surface area contributed by atoms with Crippen LogP contribution in [-0.4, -0.2) is 24.3 Å². The largest absolute Gasteiger partial charge is 0.322 e. The molecule has 226 valence electrons. The van der Waals surface area contributed by atoms with Crippen LogP contribution in [0.3, 0.4) is 0 Å². The fourth-order valence-electron chi connectivity index (χ4n) is 4.22. The third-order valence-electron chi connectivity index (χ3n) is 6.45. The van der Waals surface area contributed by atoms with Crippen LogP contribution in [-0.2, 0) is 22.3 Å². The molecule has 1 heterocycles. The lowest BCUT2D eigenvalue weighted by Crippen LogP contribution is -2.23. The first-order valence-electron chi connectivity index (χ1n) is 13.3. The van der Waals surface area contributed by atoms with Crippen LogP contribution in [0.2, 0.25) is 10.0 Å². The van der Waals surface area contributed by atoms with E-state index in [0.717, 1.165) is 11.1 Å². The summed E-state index contributed by atoms with van der Waals surface area (Å²) in [5.41, 5.74) is 2.00. The van der Waals surface area contributed by atoms with Crippen molar-refractivity contribution in [2.24, 2.45) is 0 Å². The molecule has 9 nitrogen and oxygen atoms in total. The monoisotopic (exact) mass is 675 g/mol. The molecule has 13 heteroatoms. The van der Waals surface area contributed by atoms with Crippen LogP contribution in [0.5, 0.6) is 0 Å². The molecule has 0 aliphatic rings. The minimum Gasteiger partial charge on any atom is -0.322 e. The van der Waals surface area contributed by atoms with Gasteiger partial charge in [-0.1, -0.05) is 89.6 Å². The maximum atomic E-state index is 13.0. The standard InChI is InChI=1S/C32H23Cl2N5O4S2/c1-35-29-28(22-10-6-12-25(16-22)45(42,43)36-18-20-7-3-2-4-8-20)38-32(39-31(29)41)44-19-21-9-5-11-24(15-21)37-30(40)23-13-14-26(33)27(34)17-23/h2-17,36H,18-19H2,(H,37,40)(H,38,39,41). The molecule has 5 aromatic rings. The van der Waals surface area contributed by atoms with Gasteiger partial charge in [-0.15, -0.1) is 0 Å². The number of nitrogens with one attached hydrogen (secondary N) is 3. The number of amides is 1. The zero-order valence-electron chi connectivity index (χ0n) is 23.3. The number of aromatic amines is 1. The summed E-state index contributed by atoms with van der Waals surface area (Å²) < 4.78 is 28.6. The number of sulfonamides is 1. The first-order chi connectivity index (χ1) is 21.6. The van der Waals surface area contributed by atoms with Gasteiger partial charge in [-0.2, -0.15) is 0 Å². The van der Waals surface area contributed by atoms with Crippen molar-refractivity contribution >= 4 is 62.3 Å². The van der Waals surface area contributed by atoms with Crippen LogP contribution in [0.1, 0.15) is 21.5 Å². The highest BCUT2D eigenvalue weighted by molar-refractivity contribution is 7.98. The van der Waals surface area contributed by atoms with Crippen molar-refractivity contribution in [3.63, 3.8) is 0 Å². The minimum atomic E-state index is -3.90. The Morgan fingerprint density at radius 2 is 1.67 bits per heavy atom. The Labute approximate surface area is 273 Å². The number of rotatable bonds is 10. The lowest BCUT2D eigenvalue weighted by atomic mass is 10.1. The van der Waals surface area contributed by atoms with Crippen molar-refractivity contribution in [2.75, 3.05) is 5.32 Å². The minimum absolute atomic E-state index is 0.0251. The number of hydrogen-bond donors (Lipinski definition) is 3. The second-order valence-corrected chi connectivity index (χ2v) is 13.1. The highest BCUT2D eigenvalue weighted by atomic mass is 35.5. The Morgan fingerprint density at radius 1 is 0.911 bits per heavy atom. The number of hydrogen-bond acceptors (Lipinski definition) is 6. The Kier molecular flexibility index (Phi) is 10.0. The molecule has 0 aliphatic carbocycles. The number of anilines is 1. The van der Waals surface area contributed by atoms with Gasteiger partial charge in [0.2, 0.25) is 10.0 Å². The molecule has 0 radical (unpaired) electrons. The van der Waals surface area contributed by atoms with E-state index in [1.807, 2.05) is 36.4 Å². The molecule has 0 bridgehead atoms. The number of carbonyl (C=O) groups excluding carboxylic acids is 1. The van der Waals surface area contributed by atoms with Crippen LogP contribution < -0.4 is 15.6 Å². The van der Waals surface area contributed by atoms with E-state index in [2.05, 4.69) is 24.9 Å². The quantitative estimate of drug-likeness (QED) is 0.0809. The molecule has 45 heavy (non-hydrogen) atoms. The van der Waals surface area contributed by atoms with E-state index in [9.17, 15) is 18.0 Å². The van der Waals surface area contributed by atoms with E-state index in [1.54, 1.807) is 36.4 Å². The van der Waals surface area contributed by atoms with Gasteiger partial charge in [-0.3, -0.25) is 9.59 Å². The van der Waals surface area contributed by atoms with E-state index in [1.165, 1.54) is 36.0 Å². The van der Waals surface area contributed by atoms with Crippen LogP contribution in [0.25, 0.3) is 16.1 Å². The number of carbonyl (C=O) groups is 1. The first kappa shape index (κ1) is 32.0. The summed E-state index contributed by atoms with van der Waals surface area (Å²) in [6.07, 6.45) is 0. The molecule has 0 saturated carbocycles. The summed E-state index contributed by atoms with van der Waals surface area (Å²) in [5, 5.41) is 3.68. The van der Waals surface area contributed by atoms with Crippen molar-refractivity contribution in [3.8, 4) is 11.3 Å². The fraction of sp³-hybridized carbons (Fsp3) is 0.0625. The van der Waals surface area contributed by atoms with Crippen LogP contribution >= 0.6 is 35.0 Å². The molecule has 1 amide bonds. The summed E-state index contributed by atoms with van der Waals surface area (Å²) in [6.45, 7) is 7.66. The van der Waals surface area contributed by atoms with Crippen LogP contribution in [0, 0.1) is 6.57 Å². The van der Waals surface area contributed by atoms with E-state index in [0.29, 0.717) is 27.6 Å². The second kappa shape index (κ2) is 14.1. The van der Waals surface area contributed by atoms with Gasteiger partial charge in [0.15, 0.2) is 5.16 Å². The first-order valence-corrected chi connectivity index (χ1v) is 16.5. The molecule has 0 saturated heterocycles. The van der Waals surface area contributed by atoms with Crippen molar-refractivity contribution in [1.82, 2.24) is 14.7 Å². The van der Waals surface area contributed by atoms with Crippen LogP contribution in [0.15, 0.2) is 112 Å². The highest BCUT2D eigenvalue weighted by Gasteiger charge is 2.19. The van der Waals surface area contributed by atoms with E-state index in [4.69, 9.17) is 29.8 Å². The van der Waals surface area contributed by atoms with Crippen molar-refractivity contribution in [3.05, 3.63) is 146 Å². The number of benzene rings is 4. The number of thioether (sulfide) groups is 1. The van der Waals surface area contributed by atoms with Crippen LogP contribution in [0.4, 0.5) is 11.4 Å². The zero-order valence-corrected chi connectivity index (χ0v) is 26.4. The molecule has 5 rings (SSSR count). The maximum Gasteiger partial charge on any atom is 0.276 e. The molecule has 0 atom stereocenters. The summed E-state index contributed by atoms with van der Waals surface area (Å²) in [5.74, 6) is 0.0110. The van der Waals surface area contributed by atoms with Gasteiger partial charge in [-0.25, -0.2) is 23.0 Å². The zero-order chi connectivity index (χ0) is 32.0. The average molecular weight is 677 g/mol. The molecule has 0 spiro atoms. The second-order valence-electron chi connectivity index (χ2n) is 9.59. The van der Waals surface area contributed by atoms with Gasteiger partial charge in [0.1, 0.15) is 0 Å². The highest BCUT2D eigenvalue weighted by Crippen LogP contribution is 2.30. The van der Waals surface area contributed by atoms with Crippen molar-refractivity contribution in [1.29, 1.82) is 0 Å². The van der Waals surface area contributed by atoms with Gasteiger partial charge in [-0.05, 0) is 59.2 Å². The summed E-state index contributed by atoms with van der Waals surface area (Å²) in [7, 11) is -3.90. The summed E-state index contributed by atoms with van der Waals surface area (Å²) in [6, 6.07) is 26.8. The predicted molar refractivity (Wildman–Crippen MR) is 177 cm³/mol. The normalized spacial score (nSPS) is 11.1. The fourth-order valence-corrected chi connectivity index (χ4v) is 6.38. The van der Waals surface area contributed by atoms with E-state index in [-0.39, 0.29) is 38.9 Å². The maximum absolute atomic E-state index is 13.0. The molecule has 0 fully saturated rings. The average Bonchev–Trinajstić information content (AvgIpc) is 3.04. The molecular formula is C32H23Cl2N5O4S2. The van der Waals surface area contributed by atoms with Gasteiger partial charge in [0.25, 0.3) is 17.2 Å². The summed E-state index contributed by atoms with van der Waals surface area (Å²) in [4.78, 5) is 36.0. The lowest BCUT2D eigenvalue weighted by Gasteiger charge is -2.11. The predicted octanol–water partition coefficient (Wildman–Crippen LogP) is 7.32. The third-order valence-corrected chi connectivity index (χ3v) is 9.54. The van der Waals surface area contributed by atoms with Crippen molar-refractivity contribution < 1.29 is 13.2 Å². The number of halogens is 2. The number of H-pyrrole nitrogens is 1. The Bertz CT molecular complexity index is 2100. The molecule has 3 N–H and O–H groups in total.